The number of amides is 1. The minimum Gasteiger partial charge on any atom is -0.497 e. The molecule has 0 saturated heterocycles. The van der Waals surface area contributed by atoms with E-state index in [1.54, 1.807) is 50.4 Å². The van der Waals surface area contributed by atoms with Gasteiger partial charge in [0.05, 0.1) is 40.9 Å². The Morgan fingerprint density at radius 3 is 2.55 bits per heavy atom. The minimum absolute atomic E-state index is 0.0266. The summed E-state index contributed by atoms with van der Waals surface area (Å²) in [6.45, 7) is 1.89. The maximum atomic E-state index is 13.3. The molecule has 0 radical (unpaired) electrons. The molecule has 1 amide bonds. The maximum Gasteiger partial charge on any atom is 0.262 e. The molecule has 38 heavy (non-hydrogen) atoms. The highest BCUT2D eigenvalue weighted by Gasteiger charge is 2.15. The van der Waals surface area contributed by atoms with Crippen molar-refractivity contribution in [3.8, 4) is 5.75 Å². The van der Waals surface area contributed by atoms with Crippen molar-refractivity contribution >= 4 is 44.3 Å². The molecule has 0 aliphatic rings. The van der Waals surface area contributed by atoms with Gasteiger partial charge in [0, 0.05) is 5.56 Å². The zero-order valence-corrected chi connectivity index (χ0v) is 22.3. The summed E-state index contributed by atoms with van der Waals surface area (Å²) in [6.07, 6.45) is 0. The van der Waals surface area contributed by atoms with Crippen molar-refractivity contribution in [1.82, 2.24) is 15.0 Å². The highest BCUT2D eigenvalue weighted by Crippen LogP contribution is 2.20. The lowest BCUT2D eigenvalue weighted by Crippen LogP contribution is -2.26. The van der Waals surface area contributed by atoms with Gasteiger partial charge in [-0.15, -0.1) is 0 Å². The van der Waals surface area contributed by atoms with Crippen LogP contribution in [0.25, 0.3) is 10.9 Å². The number of sulfonamides is 1. The van der Waals surface area contributed by atoms with Gasteiger partial charge in [-0.05, 0) is 48.9 Å². The summed E-state index contributed by atoms with van der Waals surface area (Å²) in [5, 5.41) is 10.1. The number of ether oxygens (including phenoxy) is 1. The number of primary sulfonamides is 1. The number of para-hydroxylation sites is 1. The van der Waals surface area contributed by atoms with E-state index in [1.807, 2.05) is 24.3 Å². The van der Waals surface area contributed by atoms with Crippen molar-refractivity contribution in [2.45, 2.75) is 23.5 Å². The molecular weight excluding hydrogens is 526 g/mol. The lowest BCUT2D eigenvalue weighted by molar-refractivity contribution is -0.118. The van der Waals surface area contributed by atoms with E-state index in [-0.39, 0.29) is 28.7 Å². The van der Waals surface area contributed by atoms with Gasteiger partial charge in [0.1, 0.15) is 5.75 Å². The zero-order chi connectivity index (χ0) is 27.3. The number of rotatable bonds is 9. The molecule has 0 spiro atoms. The molecule has 12 heteroatoms. The monoisotopic (exact) mass is 551 g/mol. The third kappa shape index (κ3) is 6.46. The van der Waals surface area contributed by atoms with E-state index in [1.165, 1.54) is 16.7 Å². The van der Waals surface area contributed by atoms with Gasteiger partial charge in [-0.1, -0.05) is 48.2 Å². The number of hydrogen-bond acceptors (Lipinski definition) is 8. The molecule has 4 aromatic rings. The van der Waals surface area contributed by atoms with Crippen LogP contribution in [0.15, 0.2) is 92.7 Å². The first-order valence-corrected chi connectivity index (χ1v) is 13.9. The Morgan fingerprint density at radius 2 is 1.84 bits per heavy atom. The third-order valence-corrected chi connectivity index (χ3v) is 7.49. The molecule has 196 valence electrons. The number of methoxy groups -OCH3 is 1. The molecular formula is C26H25N5O5S2. The first kappa shape index (κ1) is 27.0. The van der Waals surface area contributed by atoms with Crippen LogP contribution in [0.1, 0.15) is 18.1 Å². The molecule has 4 rings (SSSR count). The summed E-state index contributed by atoms with van der Waals surface area (Å²) in [5.74, 6) is 0.270. The van der Waals surface area contributed by atoms with Crippen molar-refractivity contribution in [2.75, 3.05) is 12.9 Å². The lowest BCUT2D eigenvalue weighted by Gasteiger charge is -2.13. The molecule has 1 heterocycles. The number of fused-ring (bicyclic) bond motifs is 1. The quantitative estimate of drug-likeness (QED) is 0.141. The number of carbonyl (C=O) groups excluding carboxylic acids is 1. The van der Waals surface area contributed by atoms with Gasteiger partial charge >= 0.3 is 0 Å². The van der Waals surface area contributed by atoms with E-state index in [0.29, 0.717) is 33.1 Å². The first-order valence-electron chi connectivity index (χ1n) is 11.4. The Bertz CT molecular complexity index is 1680. The Morgan fingerprint density at radius 1 is 1.11 bits per heavy atom. The first-order chi connectivity index (χ1) is 18.2. The van der Waals surface area contributed by atoms with Crippen molar-refractivity contribution in [3.05, 3.63) is 94.3 Å². The molecule has 0 aliphatic heterocycles. The standard InChI is InChI=1S/C26H25N5O5S2/c1-17(19-6-5-7-20(14-19)36-2)29-30-24(32)16-37-26-28-23-9-4-3-8-22(23)25(33)31(26)15-18-10-12-21(13-11-18)38(27,34)35/h3-14H,15-16H2,1-2H3,(H,30,32)(H2,27,34,35)/b29-17+. The summed E-state index contributed by atoms with van der Waals surface area (Å²) in [4.78, 5) is 30.5. The normalized spacial score (nSPS) is 11.9. The predicted octanol–water partition coefficient (Wildman–Crippen LogP) is 2.73. The number of hydrazone groups is 1. The third-order valence-electron chi connectivity index (χ3n) is 5.59. The van der Waals surface area contributed by atoms with Crippen molar-refractivity contribution < 1.29 is 17.9 Å². The molecule has 0 bridgehead atoms. The van der Waals surface area contributed by atoms with Crippen LogP contribution in [0.2, 0.25) is 0 Å². The van der Waals surface area contributed by atoms with Crippen molar-refractivity contribution in [2.24, 2.45) is 10.2 Å². The second-order valence-electron chi connectivity index (χ2n) is 8.24. The van der Waals surface area contributed by atoms with Crippen LogP contribution in [0, 0.1) is 0 Å². The number of nitrogens with two attached hydrogens (primary N) is 1. The van der Waals surface area contributed by atoms with Crippen molar-refractivity contribution in [3.63, 3.8) is 0 Å². The molecule has 0 unspecified atom stereocenters. The average molecular weight is 552 g/mol. The summed E-state index contributed by atoms with van der Waals surface area (Å²) in [6, 6.07) is 20.2. The van der Waals surface area contributed by atoms with Gasteiger partial charge < -0.3 is 4.74 Å². The van der Waals surface area contributed by atoms with E-state index >= 15 is 0 Å². The Labute approximate surface area is 223 Å². The average Bonchev–Trinajstić information content (AvgIpc) is 2.92. The topological polar surface area (TPSA) is 146 Å². The molecule has 0 fully saturated rings. The van der Waals surface area contributed by atoms with Gasteiger partial charge in [0.2, 0.25) is 10.0 Å². The molecule has 3 aromatic carbocycles. The second-order valence-corrected chi connectivity index (χ2v) is 10.7. The highest BCUT2D eigenvalue weighted by atomic mass is 32.2. The van der Waals surface area contributed by atoms with Crippen molar-refractivity contribution in [1.29, 1.82) is 0 Å². The predicted molar refractivity (Wildman–Crippen MR) is 147 cm³/mol. The molecule has 0 aliphatic carbocycles. The lowest BCUT2D eigenvalue weighted by atomic mass is 10.1. The fraction of sp³-hybridized carbons (Fsp3) is 0.154. The van der Waals surface area contributed by atoms with Crippen LogP contribution in [0.4, 0.5) is 0 Å². The van der Waals surface area contributed by atoms with E-state index in [2.05, 4.69) is 15.5 Å². The smallest absolute Gasteiger partial charge is 0.262 e. The highest BCUT2D eigenvalue weighted by molar-refractivity contribution is 7.99. The largest absolute Gasteiger partial charge is 0.497 e. The van der Waals surface area contributed by atoms with Crippen LogP contribution in [0.5, 0.6) is 5.75 Å². The summed E-state index contributed by atoms with van der Waals surface area (Å²) >= 11 is 1.10. The SMILES string of the molecule is COc1cccc(/C(C)=N/NC(=O)CSc2nc3ccccc3c(=O)n2Cc2ccc(S(N)(=O)=O)cc2)c1. The van der Waals surface area contributed by atoms with Crippen LogP contribution in [0.3, 0.4) is 0 Å². The van der Waals surface area contributed by atoms with E-state index < -0.39 is 10.0 Å². The maximum absolute atomic E-state index is 13.3. The number of carbonyl (C=O) groups is 1. The van der Waals surface area contributed by atoms with Gasteiger partial charge in [-0.25, -0.2) is 24.0 Å². The Hall–Kier alpha value is -4.00. The Kier molecular flexibility index (Phi) is 8.25. The summed E-state index contributed by atoms with van der Waals surface area (Å²) < 4.78 is 29.8. The number of aromatic nitrogens is 2. The fourth-order valence-corrected chi connectivity index (χ4v) is 4.89. The Balaban J connectivity index is 1.55. The summed E-state index contributed by atoms with van der Waals surface area (Å²) in [5.41, 5.74) is 4.84. The second kappa shape index (κ2) is 11.6. The van der Waals surface area contributed by atoms with Gasteiger partial charge in [-0.2, -0.15) is 5.10 Å². The van der Waals surface area contributed by atoms with Gasteiger partial charge in [0.15, 0.2) is 5.16 Å². The minimum atomic E-state index is -3.84. The molecule has 1 aromatic heterocycles. The van der Waals surface area contributed by atoms with E-state index in [0.717, 1.165) is 17.3 Å². The van der Waals surface area contributed by atoms with E-state index in [9.17, 15) is 18.0 Å². The molecule has 0 atom stereocenters. The number of nitrogens with zero attached hydrogens (tertiary/aromatic N) is 3. The van der Waals surface area contributed by atoms with Crippen LogP contribution in [-0.2, 0) is 21.4 Å². The molecule has 3 N–H and O–H groups in total. The molecule has 0 saturated carbocycles. The van der Waals surface area contributed by atoms with E-state index in [4.69, 9.17) is 9.88 Å². The van der Waals surface area contributed by atoms with Crippen LogP contribution >= 0.6 is 11.8 Å². The number of benzene rings is 3. The summed E-state index contributed by atoms with van der Waals surface area (Å²) in [7, 11) is -2.26. The number of nitrogens with one attached hydrogen (secondary N) is 1. The molecule has 10 nitrogen and oxygen atoms in total. The number of thioether (sulfide) groups is 1. The van der Waals surface area contributed by atoms with Crippen LogP contribution in [-0.4, -0.2) is 42.5 Å². The van der Waals surface area contributed by atoms with Crippen LogP contribution < -0.4 is 20.9 Å². The zero-order valence-electron chi connectivity index (χ0n) is 20.6. The van der Waals surface area contributed by atoms with Gasteiger partial charge in [0.25, 0.3) is 11.5 Å². The number of hydrogen-bond donors (Lipinski definition) is 2. The van der Waals surface area contributed by atoms with Gasteiger partial charge in [-0.3, -0.25) is 14.2 Å². The fourth-order valence-electron chi connectivity index (χ4n) is 3.59.